The highest BCUT2D eigenvalue weighted by Gasteiger charge is 2.31. The van der Waals surface area contributed by atoms with Gasteiger partial charge in [0.05, 0.1) is 17.7 Å². The third kappa shape index (κ3) is 6.57. The van der Waals surface area contributed by atoms with Crippen LogP contribution in [-0.4, -0.2) is 53.7 Å². The molecule has 0 amide bonds. The summed E-state index contributed by atoms with van der Waals surface area (Å²) >= 11 is 5.27. The second kappa shape index (κ2) is 9.41. The molecule has 5 nitrogen and oxygen atoms in total. The Morgan fingerprint density at radius 3 is 2.72 bits per heavy atom. The lowest BCUT2D eigenvalue weighted by Gasteiger charge is -2.21. The molecule has 0 atom stereocenters. The zero-order valence-electron chi connectivity index (χ0n) is 16.0. The van der Waals surface area contributed by atoms with E-state index in [1.807, 2.05) is 6.92 Å². The van der Waals surface area contributed by atoms with Crippen molar-refractivity contribution in [1.29, 1.82) is 0 Å². The number of likely N-dealkylation sites (tertiary alicyclic amines) is 1. The van der Waals surface area contributed by atoms with Gasteiger partial charge in [-0.2, -0.15) is 5.10 Å². The maximum absolute atomic E-state index is 12.4. The summed E-state index contributed by atoms with van der Waals surface area (Å²) in [5.74, 6) is 0.595. The molecule has 1 aliphatic rings. The Balaban J connectivity index is 1.65. The van der Waals surface area contributed by atoms with Gasteiger partial charge >= 0.3 is 6.36 Å². The SMILES string of the molecule is CC(=S)N(CCN1CCCC1)/N=C/c1ccc(-c2cccc(OC(F)(F)F)c2)o1. The first-order chi connectivity index (χ1) is 13.8. The van der Waals surface area contributed by atoms with E-state index in [4.69, 9.17) is 16.6 Å². The number of furan rings is 1. The highest BCUT2D eigenvalue weighted by molar-refractivity contribution is 7.80. The van der Waals surface area contributed by atoms with E-state index in [9.17, 15) is 13.2 Å². The van der Waals surface area contributed by atoms with Crippen molar-refractivity contribution in [3.8, 4) is 17.1 Å². The lowest BCUT2D eigenvalue weighted by atomic mass is 10.2. The summed E-state index contributed by atoms with van der Waals surface area (Å²) in [6, 6.07) is 9.01. The molecule has 1 aromatic heterocycles. The molecule has 29 heavy (non-hydrogen) atoms. The van der Waals surface area contributed by atoms with Gasteiger partial charge in [-0.15, -0.1) is 13.2 Å². The Hall–Kier alpha value is -2.39. The van der Waals surface area contributed by atoms with Crippen LogP contribution in [0.5, 0.6) is 5.75 Å². The predicted molar refractivity (Wildman–Crippen MR) is 109 cm³/mol. The quantitative estimate of drug-likeness (QED) is 0.358. The molecular weight excluding hydrogens is 403 g/mol. The monoisotopic (exact) mass is 425 g/mol. The molecule has 1 aromatic carbocycles. The largest absolute Gasteiger partial charge is 0.573 e. The lowest BCUT2D eigenvalue weighted by Crippen LogP contribution is -2.32. The van der Waals surface area contributed by atoms with Crippen molar-refractivity contribution < 1.29 is 22.3 Å². The van der Waals surface area contributed by atoms with E-state index in [-0.39, 0.29) is 5.75 Å². The third-order valence-electron chi connectivity index (χ3n) is 4.49. The fourth-order valence-electron chi connectivity index (χ4n) is 3.09. The topological polar surface area (TPSA) is 41.2 Å². The molecule has 9 heteroatoms. The second-order valence-electron chi connectivity index (χ2n) is 6.71. The molecule has 0 spiro atoms. The summed E-state index contributed by atoms with van der Waals surface area (Å²) in [5.41, 5.74) is 0.475. The molecule has 2 heterocycles. The molecular formula is C20H22F3N3O2S. The van der Waals surface area contributed by atoms with Crippen LogP contribution in [0.3, 0.4) is 0 Å². The predicted octanol–water partition coefficient (Wildman–Crippen LogP) is 4.92. The van der Waals surface area contributed by atoms with Crippen molar-refractivity contribution in [2.24, 2.45) is 5.10 Å². The standard InChI is InChI=1S/C20H22F3N3O2S/c1-15(29)26(12-11-25-9-2-3-10-25)24-14-18-7-8-19(27-18)16-5-4-6-17(13-16)28-20(21,22)23/h4-8,13-14H,2-3,9-12H2,1H3/b24-14+. The van der Waals surface area contributed by atoms with Gasteiger partial charge in [0.25, 0.3) is 0 Å². The van der Waals surface area contributed by atoms with Crippen LogP contribution < -0.4 is 4.74 Å². The Kier molecular flexibility index (Phi) is 6.92. The van der Waals surface area contributed by atoms with Gasteiger partial charge in [0.1, 0.15) is 17.3 Å². The molecule has 1 fully saturated rings. The number of thiocarbonyl (C=S) groups is 1. The molecule has 1 saturated heterocycles. The summed E-state index contributed by atoms with van der Waals surface area (Å²) < 4.78 is 46.9. The maximum atomic E-state index is 12.4. The Bertz CT molecular complexity index is 861. The van der Waals surface area contributed by atoms with Crippen LogP contribution >= 0.6 is 12.2 Å². The van der Waals surface area contributed by atoms with Gasteiger partial charge in [0.2, 0.25) is 0 Å². The molecule has 0 aliphatic carbocycles. The Morgan fingerprint density at radius 1 is 1.28 bits per heavy atom. The maximum Gasteiger partial charge on any atom is 0.573 e. The number of rotatable bonds is 7. The third-order valence-corrected chi connectivity index (χ3v) is 4.70. The minimum Gasteiger partial charge on any atom is -0.455 e. The van der Waals surface area contributed by atoms with Crippen LogP contribution in [0.25, 0.3) is 11.3 Å². The van der Waals surface area contributed by atoms with Crippen LogP contribution in [0.2, 0.25) is 0 Å². The number of hydrogen-bond acceptors (Lipinski definition) is 5. The fourth-order valence-corrected chi connectivity index (χ4v) is 3.23. The Morgan fingerprint density at radius 2 is 2.03 bits per heavy atom. The summed E-state index contributed by atoms with van der Waals surface area (Å²) in [7, 11) is 0. The average molecular weight is 425 g/mol. The molecule has 156 valence electrons. The van der Waals surface area contributed by atoms with Gasteiger partial charge in [0, 0.05) is 12.1 Å². The number of hydrogen-bond donors (Lipinski definition) is 0. The van der Waals surface area contributed by atoms with Gasteiger partial charge in [-0.05, 0) is 57.1 Å². The number of benzene rings is 1. The highest BCUT2D eigenvalue weighted by atomic mass is 32.1. The molecule has 2 aromatic rings. The molecule has 3 rings (SSSR count). The fraction of sp³-hybridized carbons (Fsp3) is 0.400. The zero-order chi connectivity index (χ0) is 20.9. The first kappa shape index (κ1) is 21.3. The van der Waals surface area contributed by atoms with E-state index >= 15 is 0 Å². The Labute approximate surface area is 172 Å². The van der Waals surface area contributed by atoms with E-state index in [0.717, 1.165) is 19.6 Å². The highest BCUT2D eigenvalue weighted by Crippen LogP contribution is 2.28. The second-order valence-corrected chi connectivity index (χ2v) is 7.30. The molecule has 0 N–H and O–H groups in total. The van der Waals surface area contributed by atoms with Crippen molar-refractivity contribution in [2.75, 3.05) is 26.2 Å². The van der Waals surface area contributed by atoms with E-state index < -0.39 is 6.36 Å². The van der Waals surface area contributed by atoms with Gasteiger partial charge in [0.15, 0.2) is 0 Å². The van der Waals surface area contributed by atoms with Crippen molar-refractivity contribution in [3.05, 3.63) is 42.2 Å². The molecule has 0 radical (unpaired) electrons. The van der Waals surface area contributed by atoms with Gasteiger partial charge in [-0.3, -0.25) is 5.01 Å². The van der Waals surface area contributed by atoms with Crippen molar-refractivity contribution >= 4 is 23.4 Å². The molecule has 1 aliphatic heterocycles. The van der Waals surface area contributed by atoms with Crippen LogP contribution in [0.4, 0.5) is 13.2 Å². The van der Waals surface area contributed by atoms with E-state index in [1.165, 1.54) is 31.0 Å². The van der Waals surface area contributed by atoms with Crippen molar-refractivity contribution in [1.82, 2.24) is 9.91 Å². The number of alkyl halides is 3. The molecule has 0 unspecified atom stereocenters. The number of halogens is 3. The van der Waals surface area contributed by atoms with E-state index in [1.54, 1.807) is 29.4 Å². The zero-order valence-corrected chi connectivity index (χ0v) is 16.8. The average Bonchev–Trinajstić information content (AvgIpc) is 3.32. The van der Waals surface area contributed by atoms with Gasteiger partial charge in [-0.1, -0.05) is 24.4 Å². The summed E-state index contributed by atoms with van der Waals surface area (Å²) in [6.45, 7) is 5.60. The number of ether oxygens (including phenoxy) is 1. The lowest BCUT2D eigenvalue weighted by molar-refractivity contribution is -0.274. The number of hydrazone groups is 1. The molecule has 0 bridgehead atoms. The van der Waals surface area contributed by atoms with Gasteiger partial charge in [-0.25, -0.2) is 0 Å². The summed E-state index contributed by atoms with van der Waals surface area (Å²) in [5, 5.41) is 6.14. The first-order valence-electron chi connectivity index (χ1n) is 9.31. The van der Waals surface area contributed by atoms with Crippen LogP contribution in [0.1, 0.15) is 25.5 Å². The first-order valence-corrected chi connectivity index (χ1v) is 9.71. The van der Waals surface area contributed by atoms with Crippen LogP contribution in [0.15, 0.2) is 45.9 Å². The normalized spacial score (nSPS) is 15.2. The van der Waals surface area contributed by atoms with Crippen molar-refractivity contribution in [3.63, 3.8) is 0 Å². The molecule has 0 saturated carbocycles. The minimum atomic E-state index is -4.74. The van der Waals surface area contributed by atoms with Gasteiger partial charge < -0.3 is 14.1 Å². The smallest absolute Gasteiger partial charge is 0.455 e. The number of nitrogens with zero attached hydrogens (tertiary/aromatic N) is 3. The van der Waals surface area contributed by atoms with E-state index in [0.29, 0.717) is 28.6 Å². The van der Waals surface area contributed by atoms with Crippen LogP contribution in [0, 0.1) is 0 Å². The van der Waals surface area contributed by atoms with E-state index in [2.05, 4.69) is 14.7 Å². The van der Waals surface area contributed by atoms with Crippen molar-refractivity contribution in [2.45, 2.75) is 26.1 Å². The minimum absolute atomic E-state index is 0.300. The summed E-state index contributed by atoms with van der Waals surface area (Å²) in [4.78, 5) is 3.03. The van der Waals surface area contributed by atoms with Crippen LogP contribution in [-0.2, 0) is 0 Å². The summed E-state index contributed by atoms with van der Waals surface area (Å²) in [6.07, 6.45) is -0.732.